The second-order valence-electron chi connectivity index (χ2n) is 8.19. The smallest absolute Gasteiger partial charge is 0.312 e. The van der Waals surface area contributed by atoms with Gasteiger partial charge in [0.25, 0.3) is 0 Å². The average Bonchev–Trinajstić information content (AvgIpc) is 2.63. The van der Waals surface area contributed by atoms with Crippen LogP contribution in [-0.4, -0.2) is 27.2 Å². The van der Waals surface area contributed by atoms with Crippen molar-refractivity contribution in [2.24, 2.45) is 5.92 Å². The van der Waals surface area contributed by atoms with Crippen LogP contribution < -0.4 is 0 Å². The molecule has 0 fully saturated rings. The predicted octanol–water partition coefficient (Wildman–Crippen LogP) is 5.26. The number of aryl methyl sites for hydroxylation is 2. The van der Waals surface area contributed by atoms with Crippen LogP contribution in [0.25, 0.3) is 0 Å². The van der Waals surface area contributed by atoms with Gasteiger partial charge < -0.3 is 9.16 Å². The van der Waals surface area contributed by atoms with E-state index in [4.69, 9.17) is 9.16 Å². The highest BCUT2D eigenvalue weighted by Gasteiger charge is 2.36. The minimum absolute atomic E-state index is 0.0409. The molecule has 0 spiro atoms. The highest BCUT2D eigenvalue weighted by Crippen LogP contribution is 2.34. The van der Waals surface area contributed by atoms with Crippen molar-refractivity contribution in [2.45, 2.75) is 46.0 Å². The lowest BCUT2D eigenvalue weighted by atomic mass is 9.89. The van der Waals surface area contributed by atoms with Gasteiger partial charge >= 0.3 is 5.97 Å². The first kappa shape index (κ1) is 22.1. The Bertz CT molecular complexity index is 838. The molecule has 0 amide bonds. The zero-order valence-corrected chi connectivity index (χ0v) is 18.6. The molecule has 0 N–H and O–H groups in total. The van der Waals surface area contributed by atoms with Crippen LogP contribution in [-0.2, 0) is 14.0 Å². The van der Waals surface area contributed by atoms with Crippen molar-refractivity contribution >= 4 is 20.1 Å². The summed E-state index contributed by atoms with van der Waals surface area (Å²) >= 11 is 0. The molecule has 0 bridgehead atoms. The maximum atomic E-state index is 12.9. The Labute approximate surface area is 169 Å². The van der Waals surface area contributed by atoms with Crippen molar-refractivity contribution in [2.75, 3.05) is 7.11 Å². The summed E-state index contributed by atoms with van der Waals surface area (Å²) in [7, 11) is -0.645. The summed E-state index contributed by atoms with van der Waals surface area (Å²) in [4.78, 5) is 25.6. The van der Waals surface area contributed by atoms with Crippen molar-refractivity contribution in [1.29, 1.82) is 0 Å². The molecule has 0 radical (unpaired) electrons. The first-order valence-electron chi connectivity index (χ1n) is 9.53. The number of Topliss-reactive ketones (excluding diaryl/α,β-unsaturated/α-hetero) is 1. The van der Waals surface area contributed by atoms with Crippen molar-refractivity contribution in [3.05, 3.63) is 70.8 Å². The summed E-state index contributed by atoms with van der Waals surface area (Å²) < 4.78 is 11.5. The number of methoxy groups -OCH3 is 1. The molecule has 2 atom stereocenters. The second kappa shape index (κ2) is 9.30. The van der Waals surface area contributed by atoms with E-state index in [0.29, 0.717) is 5.56 Å². The monoisotopic (exact) mass is 398 g/mol. The Balaban J connectivity index is 2.42. The molecule has 0 saturated heterocycles. The van der Waals surface area contributed by atoms with Crippen molar-refractivity contribution in [1.82, 2.24) is 0 Å². The quantitative estimate of drug-likeness (QED) is 0.346. The van der Waals surface area contributed by atoms with Crippen LogP contribution in [0.5, 0.6) is 0 Å². The van der Waals surface area contributed by atoms with Gasteiger partial charge in [-0.2, -0.15) is 0 Å². The minimum atomic E-state index is -2.00. The summed E-state index contributed by atoms with van der Waals surface area (Å²) in [6, 6.07) is 15.3. The van der Waals surface area contributed by atoms with Crippen LogP contribution in [0.4, 0.5) is 0 Å². The fourth-order valence-corrected chi connectivity index (χ4v) is 4.27. The molecular weight excluding hydrogens is 368 g/mol. The fourth-order valence-electron chi connectivity index (χ4n) is 3.21. The second-order valence-corrected chi connectivity index (χ2v) is 12.7. The first-order chi connectivity index (χ1) is 13.1. The molecule has 2 aromatic rings. The predicted molar refractivity (Wildman–Crippen MR) is 114 cm³/mol. The van der Waals surface area contributed by atoms with Crippen LogP contribution >= 0.6 is 0 Å². The van der Waals surface area contributed by atoms with E-state index in [1.54, 1.807) is 6.07 Å². The number of benzene rings is 2. The molecule has 4 nitrogen and oxygen atoms in total. The molecule has 150 valence electrons. The lowest BCUT2D eigenvalue weighted by molar-refractivity contribution is -0.149. The van der Waals surface area contributed by atoms with Crippen molar-refractivity contribution in [3.63, 3.8) is 0 Å². The number of hydrogen-bond donors (Lipinski definition) is 0. The largest absolute Gasteiger partial charge is 0.469 e. The molecule has 0 aromatic heterocycles. The molecule has 0 aliphatic rings. The third-order valence-electron chi connectivity index (χ3n) is 4.47. The zero-order valence-electron chi connectivity index (χ0n) is 17.6. The van der Waals surface area contributed by atoms with Gasteiger partial charge in [-0.1, -0.05) is 53.6 Å². The number of ether oxygens (including phenoxy) is 1. The van der Waals surface area contributed by atoms with Crippen molar-refractivity contribution < 1.29 is 18.8 Å². The van der Waals surface area contributed by atoms with Gasteiger partial charge in [-0.05, 0) is 45.1 Å². The molecule has 0 heterocycles. The van der Waals surface area contributed by atoms with E-state index in [0.717, 1.165) is 16.7 Å². The average molecular weight is 399 g/mol. The number of esters is 1. The first-order valence-corrected chi connectivity index (χ1v) is 12.9. The Morgan fingerprint density at radius 3 is 2.11 bits per heavy atom. The van der Waals surface area contributed by atoms with Gasteiger partial charge in [0.1, 0.15) is 0 Å². The molecule has 5 heteroatoms. The van der Waals surface area contributed by atoms with E-state index >= 15 is 0 Å². The molecule has 2 rings (SSSR count). The molecule has 0 aliphatic carbocycles. The van der Waals surface area contributed by atoms with Gasteiger partial charge in [-0.15, -0.1) is 0 Å². The molecule has 28 heavy (non-hydrogen) atoms. The third kappa shape index (κ3) is 6.14. The number of hydrogen-bond acceptors (Lipinski definition) is 4. The molecular formula is C23H30O4Si. The lowest BCUT2D eigenvalue weighted by Crippen LogP contribution is -2.35. The highest BCUT2D eigenvalue weighted by molar-refractivity contribution is 6.69. The summed E-state index contributed by atoms with van der Waals surface area (Å²) in [5.41, 5.74) is 3.59. The number of rotatable bonds is 8. The summed E-state index contributed by atoms with van der Waals surface area (Å²) in [5, 5.41) is 0. The third-order valence-corrected chi connectivity index (χ3v) is 5.43. The van der Waals surface area contributed by atoms with Crippen LogP contribution in [0, 0.1) is 19.8 Å². The SMILES string of the molecule is COC(=O)C(CC(=O)c1cccc(C)c1)C(O[Si](C)(C)C)c1cccc(C)c1. The number of carbonyl (C=O) groups excluding carboxylic acids is 2. The molecule has 0 saturated carbocycles. The van der Waals surface area contributed by atoms with Gasteiger partial charge in [-0.3, -0.25) is 9.59 Å². The van der Waals surface area contributed by atoms with E-state index in [1.165, 1.54) is 7.11 Å². The standard InChI is InChI=1S/C23H30O4Si/c1-16-9-7-11-18(13-16)21(24)15-20(23(25)26-3)22(27-28(4,5)6)19-12-8-10-17(2)14-19/h7-14,20,22H,15H2,1-6H3. The summed E-state index contributed by atoms with van der Waals surface area (Å²) in [6.07, 6.45) is -0.480. The van der Waals surface area contributed by atoms with E-state index in [2.05, 4.69) is 19.6 Å². The van der Waals surface area contributed by atoms with E-state index in [1.807, 2.05) is 56.3 Å². The zero-order chi connectivity index (χ0) is 20.9. The van der Waals surface area contributed by atoms with Crippen LogP contribution in [0.2, 0.25) is 19.6 Å². The highest BCUT2D eigenvalue weighted by atomic mass is 28.4. The van der Waals surface area contributed by atoms with Gasteiger partial charge in [-0.25, -0.2) is 0 Å². The Kier molecular flexibility index (Phi) is 7.33. The van der Waals surface area contributed by atoms with Crippen LogP contribution in [0.15, 0.2) is 48.5 Å². The van der Waals surface area contributed by atoms with Gasteiger partial charge in [0.2, 0.25) is 0 Å². The van der Waals surface area contributed by atoms with Crippen molar-refractivity contribution in [3.8, 4) is 0 Å². The van der Waals surface area contributed by atoms with Gasteiger partial charge in [0.05, 0.1) is 19.1 Å². The Hall–Kier alpha value is -2.24. The Morgan fingerprint density at radius 2 is 1.57 bits per heavy atom. The molecule has 2 aromatic carbocycles. The van der Waals surface area contributed by atoms with E-state index in [9.17, 15) is 9.59 Å². The van der Waals surface area contributed by atoms with E-state index < -0.39 is 26.3 Å². The van der Waals surface area contributed by atoms with Crippen LogP contribution in [0.3, 0.4) is 0 Å². The minimum Gasteiger partial charge on any atom is -0.469 e. The Morgan fingerprint density at radius 1 is 0.964 bits per heavy atom. The maximum absolute atomic E-state index is 12.9. The van der Waals surface area contributed by atoms with Crippen LogP contribution in [0.1, 0.15) is 39.6 Å². The normalized spacial score (nSPS) is 13.6. The maximum Gasteiger partial charge on any atom is 0.312 e. The fraction of sp³-hybridized carbons (Fsp3) is 0.391. The number of ketones is 1. The summed E-state index contributed by atoms with van der Waals surface area (Å²) in [5.74, 6) is -1.21. The van der Waals surface area contributed by atoms with E-state index in [-0.39, 0.29) is 12.2 Å². The molecule has 2 unspecified atom stereocenters. The topological polar surface area (TPSA) is 52.6 Å². The summed E-state index contributed by atoms with van der Waals surface area (Å²) in [6.45, 7) is 10.2. The van der Waals surface area contributed by atoms with Gasteiger partial charge in [0.15, 0.2) is 14.1 Å². The van der Waals surface area contributed by atoms with Gasteiger partial charge in [0, 0.05) is 12.0 Å². The number of carbonyl (C=O) groups is 2. The lowest BCUT2D eigenvalue weighted by Gasteiger charge is -2.31. The molecule has 0 aliphatic heterocycles.